The Morgan fingerprint density at radius 1 is 1.48 bits per heavy atom. The van der Waals surface area contributed by atoms with Gasteiger partial charge in [-0.2, -0.15) is 4.31 Å². The number of carboxylic acid groups (broad SMARTS) is 1. The summed E-state index contributed by atoms with van der Waals surface area (Å²) in [7, 11) is -2.33. The summed E-state index contributed by atoms with van der Waals surface area (Å²) in [6, 6.07) is 3.54. The maximum Gasteiger partial charge on any atom is 0.337 e. The molecule has 0 saturated carbocycles. The predicted molar refractivity (Wildman–Crippen MR) is 79.2 cm³/mol. The van der Waals surface area contributed by atoms with Crippen LogP contribution in [0.1, 0.15) is 15.4 Å². The molecule has 0 amide bonds. The molecule has 1 aromatic heterocycles. The molecule has 0 bridgehead atoms. The quantitative estimate of drug-likeness (QED) is 0.897. The molecule has 1 aromatic carbocycles. The number of hydrogen-bond donors (Lipinski definition) is 1. The Kier molecular flexibility index (Phi) is 4.62. The van der Waals surface area contributed by atoms with Gasteiger partial charge in [-0.1, -0.05) is 11.6 Å². The first-order valence-electron chi connectivity index (χ1n) is 5.70. The van der Waals surface area contributed by atoms with Crippen molar-refractivity contribution in [1.29, 1.82) is 0 Å². The zero-order valence-electron chi connectivity index (χ0n) is 10.9. The number of benzene rings is 1. The van der Waals surface area contributed by atoms with Crippen LogP contribution in [0, 0.1) is 0 Å². The third-order valence-corrected chi connectivity index (χ3v) is 5.60. The average molecular weight is 347 g/mol. The van der Waals surface area contributed by atoms with Crippen LogP contribution in [0.5, 0.6) is 0 Å². The Morgan fingerprint density at radius 2 is 2.19 bits per heavy atom. The van der Waals surface area contributed by atoms with E-state index in [4.69, 9.17) is 16.7 Å². The minimum absolute atomic E-state index is 0.0587. The zero-order chi connectivity index (χ0) is 15.6. The highest BCUT2D eigenvalue weighted by atomic mass is 35.5. The molecule has 1 heterocycles. The van der Waals surface area contributed by atoms with Gasteiger partial charge < -0.3 is 5.11 Å². The van der Waals surface area contributed by atoms with Crippen LogP contribution in [0.15, 0.2) is 34.7 Å². The highest BCUT2D eigenvalue weighted by molar-refractivity contribution is 7.89. The van der Waals surface area contributed by atoms with Crippen LogP contribution in [0.4, 0.5) is 0 Å². The van der Waals surface area contributed by atoms with Crippen molar-refractivity contribution in [3.63, 3.8) is 0 Å². The van der Waals surface area contributed by atoms with Crippen molar-refractivity contribution in [2.24, 2.45) is 0 Å². The third-order valence-electron chi connectivity index (χ3n) is 2.72. The van der Waals surface area contributed by atoms with Gasteiger partial charge >= 0.3 is 5.97 Å². The molecule has 9 heteroatoms. The maximum absolute atomic E-state index is 12.4. The lowest BCUT2D eigenvalue weighted by molar-refractivity contribution is 0.0697. The lowest BCUT2D eigenvalue weighted by Gasteiger charge is -2.16. The summed E-state index contributed by atoms with van der Waals surface area (Å²) in [4.78, 5) is 14.8. The molecule has 0 saturated heterocycles. The molecule has 0 aliphatic carbocycles. The van der Waals surface area contributed by atoms with Crippen LogP contribution in [-0.2, 0) is 16.6 Å². The van der Waals surface area contributed by atoms with Gasteiger partial charge in [-0.25, -0.2) is 18.2 Å². The average Bonchev–Trinajstić information content (AvgIpc) is 2.90. The first-order valence-corrected chi connectivity index (χ1v) is 8.39. The summed E-state index contributed by atoms with van der Waals surface area (Å²) in [5.74, 6) is -1.21. The van der Waals surface area contributed by atoms with Crippen LogP contribution in [-0.4, -0.2) is 35.8 Å². The van der Waals surface area contributed by atoms with Gasteiger partial charge in [0.15, 0.2) is 0 Å². The lowest BCUT2D eigenvalue weighted by atomic mass is 10.2. The number of aromatic carboxylic acids is 1. The first-order chi connectivity index (χ1) is 9.82. The topological polar surface area (TPSA) is 87.6 Å². The monoisotopic (exact) mass is 346 g/mol. The van der Waals surface area contributed by atoms with Crippen LogP contribution in [0.2, 0.25) is 5.02 Å². The number of rotatable bonds is 5. The molecule has 0 fully saturated rings. The molecule has 0 atom stereocenters. The standard InChI is InChI=1S/C12H11ClN2O4S2/c1-15(7-11-14-4-5-20-11)21(18,19)8-2-3-9(12(16)17)10(13)6-8/h2-6H,7H2,1H3,(H,16,17). The van der Waals surface area contributed by atoms with E-state index in [1.54, 1.807) is 11.6 Å². The highest BCUT2D eigenvalue weighted by Crippen LogP contribution is 2.24. The smallest absolute Gasteiger partial charge is 0.337 e. The van der Waals surface area contributed by atoms with Crippen molar-refractivity contribution in [1.82, 2.24) is 9.29 Å². The van der Waals surface area contributed by atoms with Gasteiger partial charge in [0.25, 0.3) is 0 Å². The number of sulfonamides is 1. The minimum atomic E-state index is -3.76. The molecular formula is C12H11ClN2O4S2. The molecular weight excluding hydrogens is 336 g/mol. The minimum Gasteiger partial charge on any atom is -0.478 e. The van der Waals surface area contributed by atoms with Crippen molar-refractivity contribution in [3.8, 4) is 0 Å². The van der Waals surface area contributed by atoms with Crippen molar-refractivity contribution in [2.75, 3.05) is 7.05 Å². The summed E-state index contributed by atoms with van der Waals surface area (Å²) in [6.45, 7) is 0.137. The molecule has 0 spiro atoms. The number of carboxylic acids is 1. The highest BCUT2D eigenvalue weighted by Gasteiger charge is 2.23. The van der Waals surface area contributed by atoms with E-state index in [0.29, 0.717) is 5.01 Å². The molecule has 0 aliphatic rings. The number of hydrogen-bond acceptors (Lipinski definition) is 5. The Balaban J connectivity index is 2.31. The lowest BCUT2D eigenvalue weighted by Crippen LogP contribution is -2.26. The van der Waals surface area contributed by atoms with E-state index in [-0.39, 0.29) is 22.0 Å². The third kappa shape index (κ3) is 3.41. The van der Waals surface area contributed by atoms with E-state index >= 15 is 0 Å². The van der Waals surface area contributed by atoms with Crippen molar-refractivity contribution in [2.45, 2.75) is 11.4 Å². The fourth-order valence-electron chi connectivity index (χ4n) is 1.62. The second kappa shape index (κ2) is 6.10. The van der Waals surface area contributed by atoms with Crippen LogP contribution in [0.3, 0.4) is 0 Å². The zero-order valence-corrected chi connectivity index (χ0v) is 13.2. The molecule has 2 rings (SSSR count). The first kappa shape index (κ1) is 15.9. The molecule has 2 aromatic rings. The molecule has 21 heavy (non-hydrogen) atoms. The van der Waals surface area contributed by atoms with Crippen molar-refractivity contribution in [3.05, 3.63) is 45.4 Å². The number of aromatic nitrogens is 1. The van der Waals surface area contributed by atoms with E-state index < -0.39 is 16.0 Å². The normalized spacial score (nSPS) is 11.8. The molecule has 6 nitrogen and oxygen atoms in total. The van der Waals surface area contributed by atoms with Crippen molar-refractivity contribution < 1.29 is 18.3 Å². The molecule has 0 radical (unpaired) electrons. The Bertz CT molecular complexity index is 760. The summed E-state index contributed by atoms with van der Waals surface area (Å²) >= 11 is 7.15. The van der Waals surface area contributed by atoms with Crippen LogP contribution in [0.25, 0.3) is 0 Å². The second-order valence-electron chi connectivity index (χ2n) is 4.13. The Hall–Kier alpha value is -1.48. The Labute approximate surface area is 130 Å². The predicted octanol–water partition coefficient (Wildman–Crippen LogP) is 2.32. The van der Waals surface area contributed by atoms with Gasteiger partial charge in [0.05, 0.1) is 22.0 Å². The van der Waals surface area contributed by atoms with Crippen LogP contribution >= 0.6 is 22.9 Å². The number of nitrogens with zero attached hydrogens (tertiary/aromatic N) is 2. The van der Waals surface area contributed by atoms with Crippen LogP contribution < -0.4 is 0 Å². The number of halogens is 1. The van der Waals surface area contributed by atoms with Crippen molar-refractivity contribution >= 4 is 38.9 Å². The van der Waals surface area contributed by atoms with E-state index in [2.05, 4.69) is 4.98 Å². The van der Waals surface area contributed by atoms with Gasteiger partial charge in [0.2, 0.25) is 10.0 Å². The molecule has 0 aliphatic heterocycles. The summed E-state index contributed by atoms with van der Waals surface area (Å²) in [5.41, 5.74) is -0.141. The van der Waals surface area contributed by atoms with Gasteiger partial charge in [-0.15, -0.1) is 11.3 Å². The van der Waals surface area contributed by atoms with Gasteiger partial charge in [0, 0.05) is 18.6 Å². The van der Waals surface area contributed by atoms with Gasteiger partial charge in [-0.3, -0.25) is 0 Å². The number of thiazole rings is 1. The molecule has 112 valence electrons. The maximum atomic E-state index is 12.4. The van der Waals surface area contributed by atoms with E-state index in [1.165, 1.54) is 30.5 Å². The second-order valence-corrected chi connectivity index (χ2v) is 7.56. The fraction of sp³-hybridized carbons (Fsp3) is 0.167. The largest absolute Gasteiger partial charge is 0.478 e. The van der Waals surface area contributed by atoms with Gasteiger partial charge in [0.1, 0.15) is 5.01 Å². The fourth-order valence-corrected chi connectivity index (χ4v) is 3.85. The summed E-state index contributed by atoms with van der Waals surface area (Å²) < 4.78 is 25.9. The summed E-state index contributed by atoms with van der Waals surface area (Å²) in [5, 5.41) is 11.2. The Morgan fingerprint density at radius 3 is 2.71 bits per heavy atom. The van der Waals surface area contributed by atoms with E-state index in [9.17, 15) is 13.2 Å². The number of carbonyl (C=O) groups is 1. The van der Waals surface area contributed by atoms with E-state index in [1.807, 2.05) is 0 Å². The SMILES string of the molecule is CN(Cc1nccs1)S(=O)(=O)c1ccc(C(=O)O)c(Cl)c1. The van der Waals surface area contributed by atoms with E-state index in [0.717, 1.165) is 10.4 Å². The summed E-state index contributed by atoms with van der Waals surface area (Å²) in [6.07, 6.45) is 1.60. The van der Waals surface area contributed by atoms with Gasteiger partial charge in [-0.05, 0) is 18.2 Å². The molecule has 0 unspecified atom stereocenters. The molecule has 1 N–H and O–H groups in total.